The molecule has 0 aliphatic heterocycles. The molecule has 0 spiro atoms. The van der Waals surface area contributed by atoms with Crippen LogP contribution in [0.3, 0.4) is 0 Å². The highest BCUT2D eigenvalue weighted by Crippen LogP contribution is 2.26. The number of aliphatic hydroxyl groups is 1. The van der Waals surface area contributed by atoms with Gasteiger partial charge in [0, 0.05) is 13.0 Å². The van der Waals surface area contributed by atoms with Gasteiger partial charge in [0.15, 0.2) is 0 Å². The Hall–Kier alpha value is -0.530. The normalized spacial score (nSPS) is 14.1. The van der Waals surface area contributed by atoms with E-state index in [1.807, 2.05) is 0 Å². The Morgan fingerprint density at radius 1 is 1.50 bits per heavy atom. The van der Waals surface area contributed by atoms with Gasteiger partial charge in [0.05, 0.1) is 10.7 Å². The van der Waals surface area contributed by atoms with Crippen molar-refractivity contribution < 1.29 is 27.4 Å². The van der Waals surface area contributed by atoms with E-state index in [0.29, 0.717) is 4.47 Å². The molecule has 0 saturated heterocycles. The second-order valence-electron chi connectivity index (χ2n) is 3.11. The zero-order chi connectivity index (χ0) is 12.2. The first-order chi connectivity index (χ1) is 7.40. The van der Waals surface area contributed by atoms with E-state index in [1.165, 1.54) is 6.26 Å². The molecule has 0 bridgehead atoms. The average Bonchev–Trinajstić information content (AvgIpc) is 2.57. The zero-order valence-corrected chi connectivity index (χ0v) is 9.71. The van der Waals surface area contributed by atoms with Crippen molar-refractivity contribution in [3.8, 4) is 0 Å². The second-order valence-corrected chi connectivity index (χ2v) is 3.96. The quantitative estimate of drug-likeness (QED) is 0.850. The highest BCUT2D eigenvalue weighted by Gasteiger charge is 2.27. The number of alkyl halides is 3. The Labute approximate surface area is 98.3 Å². The molecule has 0 radical (unpaired) electrons. The molecular formula is C9H10BrF3O3. The summed E-state index contributed by atoms with van der Waals surface area (Å²) in [4.78, 5) is 0. The van der Waals surface area contributed by atoms with E-state index in [2.05, 4.69) is 20.7 Å². The Kier molecular flexibility index (Phi) is 4.82. The molecule has 0 aliphatic carbocycles. The van der Waals surface area contributed by atoms with Crippen LogP contribution in [0.1, 0.15) is 18.3 Å². The maximum Gasteiger partial charge on any atom is 0.411 e. The number of rotatable bonds is 5. The average molecular weight is 303 g/mol. The zero-order valence-electron chi connectivity index (χ0n) is 8.13. The van der Waals surface area contributed by atoms with Gasteiger partial charge in [-0.15, -0.1) is 0 Å². The summed E-state index contributed by atoms with van der Waals surface area (Å²) < 4.78 is 45.0. The Bertz CT molecular complexity index is 324. The molecule has 1 aromatic rings. The van der Waals surface area contributed by atoms with Gasteiger partial charge in [-0.3, -0.25) is 0 Å². The van der Waals surface area contributed by atoms with E-state index in [1.54, 1.807) is 6.07 Å². The van der Waals surface area contributed by atoms with Crippen molar-refractivity contribution in [1.82, 2.24) is 0 Å². The van der Waals surface area contributed by atoms with Crippen molar-refractivity contribution in [2.75, 3.05) is 13.2 Å². The number of furan rings is 1. The minimum atomic E-state index is -4.34. The summed E-state index contributed by atoms with van der Waals surface area (Å²) in [5.74, 6) is 0.288. The number of hydrogen-bond donors (Lipinski definition) is 1. The van der Waals surface area contributed by atoms with Crippen molar-refractivity contribution >= 4 is 15.9 Å². The third-order valence-electron chi connectivity index (χ3n) is 1.75. The van der Waals surface area contributed by atoms with Crippen LogP contribution in [0.5, 0.6) is 0 Å². The lowest BCUT2D eigenvalue weighted by Gasteiger charge is -2.10. The van der Waals surface area contributed by atoms with Crippen molar-refractivity contribution in [2.45, 2.75) is 18.7 Å². The summed E-state index contributed by atoms with van der Waals surface area (Å²) >= 11 is 3.13. The number of halogens is 4. The van der Waals surface area contributed by atoms with E-state index in [9.17, 15) is 18.3 Å². The predicted molar refractivity (Wildman–Crippen MR) is 52.9 cm³/mol. The van der Waals surface area contributed by atoms with Gasteiger partial charge in [0.1, 0.15) is 18.5 Å². The van der Waals surface area contributed by atoms with Crippen molar-refractivity contribution in [1.29, 1.82) is 0 Å². The second kappa shape index (κ2) is 5.70. The highest BCUT2D eigenvalue weighted by molar-refractivity contribution is 9.10. The van der Waals surface area contributed by atoms with Gasteiger partial charge in [-0.05, 0) is 22.0 Å². The number of aliphatic hydroxyl groups excluding tert-OH is 1. The molecule has 1 unspecified atom stereocenters. The largest absolute Gasteiger partial charge is 0.465 e. The van der Waals surface area contributed by atoms with E-state index in [-0.39, 0.29) is 18.8 Å². The van der Waals surface area contributed by atoms with Crippen molar-refractivity contribution in [3.05, 3.63) is 22.6 Å². The number of hydrogen-bond acceptors (Lipinski definition) is 3. The van der Waals surface area contributed by atoms with Crippen LogP contribution in [-0.4, -0.2) is 24.5 Å². The lowest BCUT2D eigenvalue weighted by Crippen LogP contribution is -2.18. The number of ether oxygens (including phenoxy) is 1. The summed E-state index contributed by atoms with van der Waals surface area (Å²) in [6.45, 7) is -1.49. The van der Waals surface area contributed by atoms with Crippen molar-refractivity contribution in [2.24, 2.45) is 0 Å². The summed E-state index contributed by atoms with van der Waals surface area (Å²) in [5.41, 5.74) is 0. The van der Waals surface area contributed by atoms with Crippen LogP contribution >= 0.6 is 15.9 Å². The van der Waals surface area contributed by atoms with Crippen LogP contribution in [0.25, 0.3) is 0 Å². The monoisotopic (exact) mass is 302 g/mol. The molecule has 7 heteroatoms. The van der Waals surface area contributed by atoms with E-state index >= 15 is 0 Å². The molecule has 0 fully saturated rings. The van der Waals surface area contributed by atoms with E-state index < -0.39 is 18.9 Å². The van der Waals surface area contributed by atoms with Crippen LogP contribution < -0.4 is 0 Å². The molecular weight excluding hydrogens is 293 g/mol. The molecule has 16 heavy (non-hydrogen) atoms. The predicted octanol–water partition coefficient (Wildman–Crippen LogP) is 3.04. The lowest BCUT2D eigenvalue weighted by molar-refractivity contribution is -0.175. The molecule has 1 aromatic heterocycles. The first kappa shape index (κ1) is 13.5. The SMILES string of the molecule is OC(CCOCC(F)(F)F)c1occc1Br. The maximum atomic E-state index is 11.7. The van der Waals surface area contributed by atoms with E-state index in [4.69, 9.17) is 4.42 Å². The summed E-state index contributed by atoms with van der Waals surface area (Å²) in [7, 11) is 0. The van der Waals surface area contributed by atoms with Crippen LogP contribution in [0.15, 0.2) is 21.2 Å². The van der Waals surface area contributed by atoms with Crippen LogP contribution in [0, 0.1) is 0 Å². The third kappa shape index (κ3) is 4.54. The fraction of sp³-hybridized carbons (Fsp3) is 0.556. The van der Waals surface area contributed by atoms with Crippen LogP contribution in [0.2, 0.25) is 0 Å². The van der Waals surface area contributed by atoms with Crippen molar-refractivity contribution in [3.63, 3.8) is 0 Å². The first-order valence-corrected chi connectivity index (χ1v) is 5.25. The molecule has 1 atom stereocenters. The Balaban J connectivity index is 2.26. The minimum Gasteiger partial charge on any atom is -0.465 e. The van der Waals surface area contributed by atoms with Crippen LogP contribution in [0.4, 0.5) is 13.2 Å². The smallest absolute Gasteiger partial charge is 0.411 e. The molecule has 92 valence electrons. The molecule has 0 aliphatic rings. The summed E-state index contributed by atoms with van der Waals surface area (Å²) in [6, 6.07) is 1.59. The van der Waals surface area contributed by atoms with Crippen LogP contribution in [-0.2, 0) is 4.74 Å². The molecule has 1 rings (SSSR count). The topological polar surface area (TPSA) is 42.6 Å². The minimum absolute atomic E-state index is 0.0438. The first-order valence-electron chi connectivity index (χ1n) is 4.45. The molecule has 3 nitrogen and oxygen atoms in total. The molecule has 0 aromatic carbocycles. The maximum absolute atomic E-state index is 11.7. The third-order valence-corrected chi connectivity index (χ3v) is 2.40. The summed E-state index contributed by atoms with van der Waals surface area (Å²) in [6.07, 6.45) is -3.89. The fourth-order valence-corrected chi connectivity index (χ4v) is 1.52. The standard InChI is InChI=1S/C9H10BrF3O3/c10-6-1-4-16-8(6)7(14)2-3-15-5-9(11,12)13/h1,4,7,14H,2-3,5H2. The Morgan fingerprint density at radius 2 is 2.19 bits per heavy atom. The highest BCUT2D eigenvalue weighted by atomic mass is 79.9. The van der Waals surface area contributed by atoms with Gasteiger partial charge in [-0.25, -0.2) is 0 Å². The van der Waals surface area contributed by atoms with Gasteiger partial charge in [0.2, 0.25) is 0 Å². The Morgan fingerprint density at radius 3 is 2.69 bits per heavy atom. The fourth-order valence-electron chi connectivity index (χ4n) is 1.06. The molecule has 0 amide bonds. The summed E-state index contributed by atoms with van der Waals surface area (Å²) in [5, 5.41) is 9.53. The molecule has 1 heterocycles. The lowest BCUT2D eigenvalue weighted by atomic mass is 10.2. The van der Waals surface area contributed by atoms with Gasteiger partial charge in [-0.2, -0.15) is 13.2 Å². The molecule has 0 saturated carbocycles. The van der Waals surface area contributed by atoms with E-state index in [0.717, 1.165) is 0 Å². The van der Waals surface area contributed by atoms with Gasteiger partial charge < -0.3 is 14.3 Å². The van der Waals surface area contributed by atoms with Gasteiger partial charge in [-0.1, -0.05) is 0 Å². The molecule has 1 N–H and O–H groups in total. The van der Waals surface area contributed by atoms with Gasteiger partial charge >= 0.3 is 6.18 Å². The van der Waals surface area contributed by atoms with Gasteiger partial charge in [0.25, 0.3) is 0 Å².